The molecule has 0 atom stereocenters. The molecule has 27 heavy (non-hydrogen) atoms. The summed E-state index contributed by atoms with van der Waals surface area (Å²) in [5.74, 6) is 2.41. The fraction of sp³-hybridized carbons (Fsp3) is 0. The van der Waals surface area contributed by atoms with Crippen LogP contribution in [0.4, 0.5) is 13.2 Å². The molecule has 0 amide bonds. The van der Waals surface area contributed by atoms with Gasteiger partial charge in [-0.15, -0.1) is 5.56 Å². The maximum Gasteiger partial charge on any atom is 1.00 e. The summed E-state index contributed by atoms with van der Waals surface area (Å²) in [5, 5.41) is 10.3. The van der Waals surface area contributed by atoms with Gasteiger partial charge in [-0.05, 0) is 41.6 Å². The monoisotopic (exact) mass is 466 g/mol. The van der Waals surface area contributed by atoms with Gasteiger partial charge in [0.2, 0.25) is 0 Å². The average molecular weight is 465 g/mol. The van der Waals surface area contributed by atoms with Crippen LogP contribution in [0.3, 0.4) is 0 Å². The molecule has 0 aliphatic heterocycles. The molecule has 0 spiro atoms. The van der Waals surface area contributed by atoms with Gasteiger partial charge in [0, 0.05) is 4.90 Å². The third-order valence-corrected chi connectivity index (χ3v) is 4.08. The van der Waals surface area contributed by atoms with Crippen LogP contribution in [0.1, 0.15) is 11.1 Å². The van der Waals surface area contributed by atoms with E-state index in [1.165, 1.54) is 12.1 Å². The topological polar surface area (TPSA) is 23.8 Å². The maximum absolute atomic E-state index is 14.3. The molecule has 3 aromatic carbocycles. The zero-order valence-corrected chi connectivity index (χ0v) is 16.1. The van der Waals surface area contributed by atoms with Gasteiger partial charge in [0.1, 0.15) is 22.9 Å². The molecule has 0 aromatic heterocycles. The minimum Gasteiger partial charge on any atom is -0.206 e. The van der Waals surface area contributed by atoms with Crippen molar-refractivity contribution in [2.45, 2.75) is 4.90 Å². The number of nitriles is 1. The van der Waals surface area contributed by atoms with Crippen molar-refractivity contribution < 1.29 is 32.6 Å². The van der Waals surface area contributed by atoms with Crippen molar-refractivity contribution >= 4 is 11.8 Å². The molecule has 0 aliphatic rings. The Bertz CT molecular complexity index is 1040. The quantitative estimate of drug-likeness (QED) is 0.163. The van der Waals surface area contributed by atoms with E-state index in [1.54, 1.807) is 35.7 Å². The third-order valence-electron chi connectivity index (χ3n) is 3.52. The van der Waals surface area contributed by atoms with Crippen LogP contribution in [-0.4, -0.2) is 0 Å². The van der Waals surface area contributed by atoms with E-state index >= 15 is 0 Å². The van der Waals surface area contributed by atoms with Crippen LogP contribution in [0, 0.1) is 46.0 Å². The first-order valence-corrected chi connectivity index (χ1v) is 8.23. The molecule has 0 saturated heterocycles. The molecule has 0 bridgehead atoms. The Hall–Kier alpha value is -2.53. The van der Waals surface area contributed by atoms with Gasteiger partial charge in [-0.3, -0.25) is 0 Å². The van der Waals surface area contributed by atoms with Crippen LogP contribution in [-0.2, 0) is 19.5 Å². The summed E-state index contributed by atoms with van der Waals surface area (Å²) >= 11 is 0.644. The Morgan fingerprint density at radius 1 is 0.815 bits per heavy atom. The number of halogens is 3. The van der Waals surface area contributed by atoms with Crippen molar-refractivity contribution in [3.05, 3.63) is 89.2 Å². The molecule has 0 heterocycles. The molecular weight excluding hydrogens is 456 g/mol. The number of benzene rings is 3. The van der Waals surface area contributed by atoms with E-state index < -0.39 is 23.0 Å². The standard InChI is InChI=1S/C21H9F3NS.Ru/c22-19-10-16(14-4-2-1-3-5-14)7-6-15(19)8-9-18-20(23)11-17(26-13-25)12-21(18)24;/h2-7,10-12H;/q-1;+1. The molecule has 1 radical (unpaired) electrons. The van der Waals surface area contributed by atoms with Gasteiger partial charge in [-0.1, -0.05) is 17.9 Å². The van der Waals surface area contributed by atoms with Crippen LogP contribution < -0.4 is 0 Å². The summed E-state index contributed by atoms with van der Waals surface area (Å²) in [6.07, 6.45) is 0. The zero-order chi connectivity index (χ0) is 18.5. The Kier molecular flexibility index (Phi) is 7.25. The minimum atomic E-state index is -0.896. The number of hydrogen-bond acceptors (Lipinski definition) is 2. The van der Waals surface area contributed by atoms with Crippen molar-refractivity contribution in [3.63, 3.8) is 0 Å². The fourth-order valence-corrected chi connectivity index (χ4v) is 2.72. The molecule has 0 unspecified atom stereocenters. The van der Waals surface area contributed by atoms with Crippen molar-refractivity contribution in [3.8, 4) is 28.4 Å². The van der Waals surface area contributed by atoms with E-state index in [4.69, 9.17) is 5.26 Å². The fourth-order valence-electron chi connectivity index (χ4n) is 2.29. The summed E-state index contributed by atoms with van der Waals surface area (Å²) in [4.78, 5) is 0.142. The minimum absolute atomic E-state index is 0. The summed E-state index contributed by atoms with van der Waals surface area (Å²) < 4.78 is 42.2. The molecule has 0 fully saturated rings. The van der Waals surface area contributed by atoms with Gasteiger partial charge in [-0.25, -0.2) is 13.2 Å². The molecular formula is C21H9F3NRuS. The molecule has 3 aromatic rings. The predicted molar refractivity (Wildman–Crippen MR) is 94.5 cm³/mol. The van der Waals surface area contributed by atoms with Crippen LogP contribution in [0.2, 0.25) is 0 Å². The van der Waals surface area contributed by atoms with Crippen LogP contribution >= 0.6 is 11.8 Å². The first-order valence-electron chi connectivity index (χ1n) is 7.41. The predicted octanol–water partition coefficient (Wildman–Crippen LogP) is 5.54. The van der Waals surface area contributed by atoms with E-state index in [2.05, 4.69) is 17.9 Å². The molecule has 0 saturated carbocycles. The van der Waals surface area contributed by atoms with Crippen molar-refractivity contribution in [1.29, 1.82) is 5.26 Å². The second kappa shape index (κ2) is 9.42. The zero-order valence-electron chi connectivity index (χ0n) is 13.5. The Morgan fingerprint density at radius 3 is 2.07 bits per heavy atom. The number of rotatable bonds is 2. The Balaban J connectivity index is 0.00000261. The van der Waals surface area contributed by atoms with Crippen molar-refractivity contribution in [2.75, 3.05) is 0 Å². The van der Waals surface area contributed by atoms with Gasteiger partial charge in [-0.2, -0.15) is 35.6 Å². The molecule has 133 valence electrons. The van der Waals surface area contributed by atoms with Gasteiger partial charge in [0.15, 0.2) is 0 Å². The molecule has 6 heteroatoms. The first-order chi connectivity index (χ1) is 12.6. The number of thioether (sulfide) groups is 1. The van der Waals surface area contributed by atoms with Gasteiger partial charge in [0.05, 0.1) is 11.1 Å². The maximum atomic E-state index is 14.3. The van der Waals surface area contributed by atoms with Crippen LogP contribution in [0.5, 0.6) is 0 Å². The second-order valence-electron chi connectivity index (χ2n) is 5.19. The molecule has 3 rings (SSSR count). The van der Waals surface area contributed by atoms with E-state index in [0.29, 0.717) is 17.3 Å². The third kappa shape index (κ3) is 5.01. The van der Waals surface area contributed by atoms with Crippen LogP contribution in [0.15, 0.2) is 59.5 Å². The van der Waals surface area contributed by atoms with Gasteiger partial charge in [0.25, 0.3) is 0 Å². The van der Waals surface area contributed by atoms with Gasteiger partial charge >= 0.3 is 19.5 Å². The number of hydrogen-bond donors (Lipinski definition) is 0. The van der Waals surface area contributed by atoms with E-state index in [9.17, 15) is 13.2 Å². The first kappa shape index (κ1) is 20.8. The van der Waals surface area contributed by atoms with Gasteiger partial charge < -0.3 is 0 Å². The summed E-state index contributed by atoms with van der Waals surface area (Å²) in [6, 6.07) is 16.4. The van der Waals surface area contributed by atoms with E-state index in [-0.39, 0.29) is 29.9 Å². The van der Waals surface area contributed by atoms with Crippen molar-refractivity contribution in [1.82, 2.24) is 0 Å². The molecule has 0 N–H and O–H groups in total. The molecule has 0 aliphatic carbocycles. The van der Waals surface area contributed by atoms with E-state index in [1.807, 2.05) is 0 Å². The second-order valence-corrected chi connectivity index (χ2v) is 6.05. The van der Waals surface area contributed by atoms with Crippen LogP contribution in [0.25, 0.3) is 11.1 Å². The summed E-state index contributed by atoms with van der Waals surface area (Å²) in [5.41, 5.74) is 1.06. The average Bonchev–Trinajstić information content (AvgIpc) is 2.63. The van der Waals surface area contributed by atoms with Crippen molar-refractivity contribution in [2.24, 2.45) is 0 Å². The number of thiocyanates is 1. The summed E-state index contributed by atoms with van der Waals surface area (Å²) in [7, 11) is 0. The van der Waals surface area contributed by atoms with E-state index in [0.717, 1.165) is 17.7 Å². The summed E-state index contributed by atoms with van der Waals surface area (Å²) in [6.45, 7) is 0. The largest absolute Gasteiger partial charge is 1.00 e. The number of nitrogens with zero attached hydrogens (tertiary/aromatic N) is 1. The SMILES string of the molecule is N#CSc1cc(F)c(C#Cc2ccc(-c3cc[c-]cc3)cc2F)c(F)c1.[Ru+]. The Morgan fingerprint density at radius 2 is 1.48 bits per heavy atom. The Labute approximate surface area is 172 Å². The smallest absolute Gasteiger partial charge is 0.206 e. The molecule has 1 nitrogen and oxygen atoms in total. The normalized spacial score (nSPS) is 9.56.